The van der Waals surface area contributed by atoms with Crippen LogP contribution in [0.5, 0.6) is 0 Å². The maximum atomic E-state index is 4.42. The van der Waals surface area contributed by atoms with Crippen molar-refractivity contribution in [3.8, 4) is 0 Å². The predicted molar refractivity (Wildman–Crippen MR) is 66.3 cm³/mol. The quantitative estimate of drug-likeness (QED) is 0.747. The summed E-state index contributed by atoms with van der Waals surface area (Å²) in [4.78, 5) is 0. The minimum absolute atomic E-state index is 0.968. The van der Waals surface area contributed by atoms with Crippen LogP contribution in [-0.2, 0) is 13.6 Å². The van der Waals surface area contributed by atoms with E-state index in [0.717, 1.165) is 24.7 Å². The van der Waals surface area contributed by atoms with Gasteiger partial charge in [0.2, 0.25) is 0 Å². The van der Waals surface area contributed by atoms with Gasteiger partial charge < -0.3 is 5.32 Å². The van der Waals surface area contributed by atoms with Crippen molar-refractivity contribution in [1.29, 1.82) is 0 Å². The molecule has 0 radical (unpaired) electrons. The van der Waals surface area contributed by atoms with Crippen LogP contribution in [-0.4, -0.2) is 16.3 Å². The summed E-state index contributed by atoms with van der Waals surface area (Å²) in [7, 11) is 2.01. The van der Waals surface area contributed by atoms with E-state index in [4.69, 9.17) is 0 Å². The molecule has 1 saturated carbocycles. The molecular weight excluding hydrogens is 198 g/mol. The highest BCUT2D eigenvalue weighted by atomic mass is 15.3. The molecule has 1 aromatic rings. The molecule has 3 nitrogen and oxygen atoms in total. The Morgan fingerprint density at radius 2 is 2.12 bits per heavy atom. The summed E-state index contributed by atoms with van der Waals surface area (Å²) in [5.41, 5.74) is 3.82. The summed E-state index contributed by atoms with van der Waals surface area (Å²) in [6.45, 7) is 6.34. The Balaban J connectivity index is 1.71. The fourth-order valence-corrected chi connectivity index (χ4v) is 2.21. The number of nitrogens with one attached hydrogen (secondary N) is 1. The summed E-state index contributed by atoms with van der Waals surface area (Å²) >= 11 is 0. The zero-order chi connectivity index (χ0) is 11.5. The molecule has 90 valence electrons. The first-order valence-electron chi connectivity index (χ1n) is 6.38. The van der Waals surface area contributed by atoms with Crippen LogP contribution >= 0.6 is 0 Å². The molecule has 1 aromatic heterocycles. The van der Waals surface area contributed by atoms with Gasteiger partial charge in [-0.05, 0) is 39.2 Å². The number of hydrogen-bond donors (Lipinski definition) is 1. The Labute approximate surface area is 98.2 Å². The number of aromatic nitrogens is 2. The van der Waals surface area contributed by atoms with Crippen molar-refractivity contribution in [3.63, 3.8) is 0 Å². The summed E-state index contributed by atoms with van der Waals surface area (Å²) in [6.07, 6.45) is 5.68. The second-order valence-electron chi connectivity index (χ2n) is 5.04. The van der Waals surface area contributed by atoms with Crippen LogP contribution in [0.25, 0.3) is 0 Å². The van der Waals surface area contributed by atoms with E-state index in [-0.39, 0.29) is 0 Å². The van der Waals surface area contributed by atoms with Crippen LogP contribution in [0.1, 0.15) is 42.6 Å². The van der Waals surface area contributed by atoms with E-state index in [1.807, 2.05) is 11.7 Å². The largest absolute Gasteiger partial charge is 0.313 e. The highest BCUT2D eigenvalue weighted by Gasteiger charge is 2.19. The molecule has 0 aromatic carbocycles. The van der Waals surface area contributed by atoms with Crippen LogP contribution in [0, 0.1) is 19.8 Å². The van der Waals surface area contributed by atoms with Crippen LogP contribution in [0.2, 0.25) is 0 Å². The molecular formula is C13H23N3. The maximum absolute atomic E-state index is 4.42. The van der Waals surface area contributed by atoms with Gasteiger partial charge in [0.25, 0.3) is 0 Å². The maximum Gasteiger partial charge on any atom is 0.0641 e. The topological polar surface area (TPSA) is 29.9 Å². The minimum atomic E-state index is 0.968. The van der Waals surface area contributed by atoms with Crippen molar-refractivity contribution in [3.05, 3.63) is 17.0 Å². The highest BCUT2D eigenvalue weighted by Crippen LogP contribution is 2.33. The SMILES string of the molecule is Cc1nn(C)c(C)c1CNCCCC1CC1. The Bertz CT molecular complexity index is 350. The number of nitrogens with zero attached hydrogens (tertiary/aromatic N) is 2. The first-order chi connectivity index (χ1) is 7.68. The van der Waals surface area contributed by atoms with E-state index in [0.29, 0.717) is 0 Å². The Kier molecular flexibility index (Phi) is 3.64. The second kappa shape index (κ2) is 5.00. The molecule has 0 amide bonds. The molecule has 0 bridgehead atoms. The van der Waals surface area contributed by atoms with Gasteiger partial charge in [-0.2, -0.15) is 5.10 Å². The van der Waals surface area contributed by atoms with Gasteiger partial charge in [-0.3, -0.25) is 4.68 Å². The molecule has 0 spiro atoms. The van der Waals surface area contributed by atoms with Gasteiger partial charge in [0.05, 0.1) is 5.69 Å². The average Bonchev–Trinajstić information content (AvgIpc) is 3.02. The lowest BCUT2D eigenvalue weighted by molar-refractivity contribution is 0.592. The van der Waals surface area contributed by atoms with Gasteiger partial charge >= 0.3 is 0 Å². The molecule has 0 atom stereocenters. The third-order valence-electron chi connectivity index (χ3n) is 3.62. The van der Waals surface area contributed by atoms with Crippen LogP contribution < -0.4 is 5.32 Å². The van der Waals surface area contributed by atoms with Crippen molar-refractivity contribution >= 4 is 0 Å². The summed E-state index contributed by atoms with van der Waals surface area (Å²) in [6, 6.07) is 0. The monoisotopic (exact) mass is 221 g/mol. The third-order valence-corrected chi connectivity index (χ3v) is 3.62. The molecule has 2 rings (SSSR count). The number of hydrogen-bond acceptors (Lipinski definition) is 2. The van der Waals surface area contributed by atoms with E-state index < -0.39 is 0 Å². The fourth-order valence-electron chi connectivity index (χ4n) is 2.21. The summed E-state index contributed by atoms with van der Waals surface area (Å²) in [5, 5.41) is 7.95. The van der Waals surface area contributed by atoms with Crippen molar-refractivity contribution in [2.45, 2.75) is 46.1 Å². The minimum Gasteiger partial charge on any atom is -0.313 e. The second-order valence-corrected chi connectivity index (χ2v) is 5.04. The summed E-state index contributed by atoms with van der Waals surface area (Å²) in [5.74, 6) is 1.06. The molecule has 1 aliphatic rings. The molecule has 1 heterocycles. The first kappa shape index (κ1) is 11.6. The standard InChI is InChI=1S/C13H23N3/c1-10-13(11(2)16(3)15-10)9-14-8-4-5-12-6-7-12/h12,14H,4-9H2,1-3H3. The molecule has 1 N–H and O–H groups in total. The molecule has 0 saturated heterocycles. The highest BCUT2D eigenvalue weighted by molar-refractivity contribution is 5.23. The molecule has 16 heavy (non-hydrogen) atoms. The van der Waals surface area contributed by atoms with Crippen molar-refractivity contribution in [2.24, 2.45) is 13.0 Å². The van der Waals surface area contributed by atoms with E-state index in [1.54, 1.807) is 0 Å². The zero-order valence-electron chi connectivity index (χ0n) is 10.7. The van der Waals surface area contributed by atoms with Gasteiger partial charge in [0.1, 0.15) is 0 Å². The van der Waals surface area contributed by atoms with Gasteiger partial charge in [0, 0.05) is 24.8 Å². The van der Waals surface area contributed by atoms with Crippen LogP contribution in [0.3, 0.4) is 0 Å². The molecule has 0 aliphatic heterocycles. The Morgan fingerprint density at radius 3 is 2.69 bits per heavy atom. The molecule has 3 heteroatoms. The number of rotatable bonds is 6. The van der Waals surface area contributed by atoms with Crippen molar-refractivity contribution in [2.75, 3.05) is 6.54 Å². The van der Waals surface area contributed by atoms with Gasteiger partial charge in [-0.25, -0.2) is 0 Å². The van der Waals surface area contributed by atoms with Crippen molar-refractivity contribution < 1.29 is 0 Å². The van der Waals surface area contributed by atoms with Gasteiger partial charge in [-0.1, -0.05) is 12.8 Å². The van der Waals surface area contributed by atoms with Gasteiger partial charge in [-0.15, -0.1) is 0 Å². The zero-order valence-corrected chi connectivity index (χ0v) is 10.7. The average molecular weight is 221 g/mol. The lowest BCUT2D eigenvalue weighted by Gasteiger charge is -2.05. The lowest BCUT2D eigenvalue weighted by Crippen LogP contribution is -2.15. The Morgan fingerprint density at radius 1 is 1.38 bits per heavy atom. The first-order valence-corrected chi connectivity index (χ1v) is 6.38. The van der Waals surface area contributed by atoms with Crippen molar-refractivity contribution in [1.82, 2.24) is 15.1 Å². The summed E-state index contributed by atoms with van der Waals surface area (Å²) < 4.78 is 1.97. The molecule has 1 aliphatic carbocycles. The third kappa shape index (κ3) is 2.85. The van der Waals surface area contributed by atoms with E-state index in [2.05, 4.69) is 24.3 Å². The van der Waals surface area contributed by atoms with E-state index in [1.165, 1.54) is 36.9 Å². The van der Waals surface area contributed by atoms with E-state index >= 15 is 0 Å². The predicted octanol–water partition coefficient (Wildman–Crippen LogP) is 2.32. The molecule has 1 fully saturated rings. The number of aryl methyl sites for hydroxylation is 2. The lowest BCUT2D eigenvalue weighted by atomic mass is 10.2. The Hall–Kier alpha value is -0.830. The van der Waals surface area contributed by atoms with E-state index in [9.17, 15) is 0 Å². The fraction of sp³-hybridized carbons (Fsp3) is 0.769. The van der Waals surface area contributed by atoms with Crippen LogP contribution in [0.4, 0.5) is 0 Å². The van der Waals surface area contributed by atoms with Crippen LogP contribution in [0.15, 0.2) is 0 Å². The smallest absolute Gasteiger partial charge is 0.0641 e. The van der Waals surface area contributed by atoms with Gasteiger partial charge in [0.15, 0.2) is 0 Å². The molecule has 0 unspecified atom stereocenters. The normalized spacial score (nSPS) is 15.7.